The van der Waals surface area contributed by atoms with Gasteiger partial charge in [-0.25, -0.2) is 0 Å². The molecular formula is C16H18N2O2. The molecule has 1 N–H and O–H groups in total. The molecule has 1 aliphatic heterocycles. The van der Waals surface area contributed by atoms with E-state index in [2.05, 4.69) is 16.4 Å². The molecule has 104 valence electrons. The fourth-order valence-corrected chi connectivity index (χ4v) is 2.13. The second-order valence-corrected chi connectivity index (χ2v) is 4.96. The smallest absolute Gasteiger partial charge is 0.161 e. The lowest BCUT2D eigenvalue weighted by Crippen LogP contribution is -2.38. The number of para-hydroxylation sites is 2. The van der Waals surface area contributed by atoms with Gasteiger partial charge in [0.15, 0.2) is 11.5 Å². The molecule has 1 aliphatic rings. The molecule has 1 atom stereocenters. The van der Waals surface area contributed by atoms with Gasteiger partial charge < -0.3 is 14.8 Å². The van der Waals surface area contributed by atoms with E-state index in [1.54, 1.807) is 0 Å². The number of aromatic nitrogens is 1. The molecule has 3 rings (SSSR count). The standard InChI is InChI=1S/C16H18N2O2/c1-12-6-7-13(18-8-12)9-17-10-14-11-19-15-4-2-3-5-16(15)20-14/h2-8,14,17H,9-11H2,1H3/t14-/m0/s1. The maximum atomic E-state index is 5.88. The van der Waals surface area contributed by atoms with Gasteiger partial charge in [-0.2, -0.15) is 0 Å². The van der Waals surface area contributed by atoms with Gasteiger partial charge in [-0.3, -0.25) is 4.98 Å². The highest BCUT2D eigenvalue weighted by molar-refractivity contribution is 5.40. The number of hydrogen-bond acceptors (Lipinski definition) is 4. The number of rotatable bonds is 4. The Bertz CT molecular complexity index is 569. The first kappa shape index (κ1) is 12.9. The molecular weight excluding hydrogens is 252 g/mol. The van der Waals surface area contributed by atoms with Crippen LogP contribution in [0.15, 0.2) is 42.6 Å². The number of nitrogens with one attached hydrogen (secondary N) is 1. The van der Waals surface area contributed by atoms with E-state index in [-0.39, 0.29) is 6.10 Å². The zero-order valence-electron chi connectivity index (χ0n) is 11.5. The van der Waals surface area contributed by atoms with Crippen LogP contribution in [0.5, 0.6) is 11.5 Å². The summed E-state index contributed by atoms with van der Waals surface area (Å²) in [6.45, 7) is 4.09. The van der Waals surface area contributed by atoms with E-state index in [0.717, 1.165) is 30.3 Å². The first-order chi connectivity index (χ1) is 9.81. The topological polar surface area (TPSA) is 43.4 Å². The Morgan fingerprint density at radius 2 is 2.05 bits per heavy atom. The molecule has 4 nitrogen and oxygen atoms in total. The summed E-state index contributed by atoms with van der Waals surface area (Å²) in [6.07, 6.45) is 1.92. The maximum absolute atomic E-state index is 5.88. The second-order valence-electron chi connectivity index (χ2n) is 4.96. The van der Waals surface area contributed by atoms with E-state index >= 15 is 0 Å². The van der Waals surface area contributed by atoms with Crippen LogP contribution < -0.4 is 14.8 Å². The van der Waals surface area contributed by atoms with Crippen LogP contribution in [-0.2, 0) is 6.54 Å². The number of fused-ring (bicyclic) bond motifs is 1. The van der Waals surface area contributed by atoms with E-state index in [0.29, 0.717) is 6.61 Å². The Balaban J connectivity index is 1.49. The van der Waals surface area contributed by atoms with Crippen LogP contribution in [0.25, 0.3) is 0 Å². The largest absolute Gasteiger partial charge is 0.486 e. The fourth-order valence-electron chi connectivity index (χ4n) is 2.13. The number of pyridine rings is 1. The molecule has 2 heterocycles. The highest BCUT2D eigenvalue weighted by Gasteiger charge is 2.19. The number of hydrogen-bond donors (Lipinski definition) is 1. The predicted molar refractivity (Wildman–Crippen MR) is 77.0 cm³/mol. The van der Waals surface area contributed by atoms with Crippen molar-refractivity contribution in [3.8, 4) is 11.5 Å². The van der Waals surface area contributed by atoms with Crippen LogP contribution in [0.2, 0.25) is 0 Å². The highest BCUT2D eigenvalue weighted by atomic mass is 16.6. The molecule has 4 heteroatoms. The molecule has 0 fully saturated rings. The minimum atomic E-state index is 0.0374. The molecule has 1 aromatic carbocycles. The van der Waals surface area contributed by atoms with Crippen LogP contribution in [0.4, 0.5) is 0 Å². The van der Waals surface area contributed by atoms with Crippen molar-refractivity contribution in [2.45, 2.75) is 19.6 Å². The Labute approximate surface area is 118 Å². The average Bonchev–Trinajstić information content (AvgIpc) is 2.49. The quantitative estimate of drug-likeness (QED) is 0.926. The summed E-state index contributed by atoms with van der Waals surface area (Å²) in [5, 5.41) is 3.35. The van der Waals surface area contributed by atoms with Crippen molar-refractivity contribution in [2.75, 3.05) is 13.2 Å². The lowest BCUT2D eigenvalue weighted by atomic mass is 10.2. The lowest BCUT2D eigenvalue weighted by Gasteiger charge is -2.26. The summed E-state index contributed by atoms with van der Waals surface area (Å²) < 4.78 is 11.6. The zero-order valence-corrected chi connectivity index (χ0v) is 11.5. The Morgan fingerprint density at radius 3 is 2.85 bits per heavy atom. The van der Waals surface area contributed by atoms with E-state index < -0.39 is 0 Å². The predicted octanol–water partition coefficient (Wildman–Crippen LogP) is 2.32. The molecule has 0 amide bonds. The lowest BCUT2D eigenvalue weighted by molar-refractivity contribution is 0.0901. The molecule has 2 aromatic rings. The third-order valence-corrected chi connectivity index (χ3v) is 3.22. The number of benzene rings is 1. The summed E-state index contributed by atoms with van der Waals surface area (Å²) >= 11 is 0. The third kappa shape index (κ3) is 3.08. The van der Waals surface area contributed by atoms with Crippen LogP contribution in [0.3, 0.4) is 0 Å². The summed E-state index contributed by atoms with van der Waals surface area (Å²) in [5.74, 6) is 1.64. The number of ether oxygens (including phenoxy) is 2. The van der Waals surface area contributed by atoms with Crippen molar-refractivity contribution in [1.29, 1.82) is 0 Å². The van der Waals surface area contributed by atoms with Crippen LogP contribution >= 0.6 is 0 Å². The van der Waals surface area contributed by atoms with Gasteiger partial charge in [0.2, 0.25) is 0 Å². The van der Waals surface area contributed by atoms with E-state index in [9.17, 15) is 0 Å². The molecule has 20 heavy (non-hydrogen) atoms. The van der Waals surface area contributed by atoms with Crippen LogP contribution in [0.1, 0.15) is 11.3 Å². The first-order valence-corrected chi connectivity index (χ1v) is 6.82. The van der Waals surface area contributed by atoms with Crippen molar-refractivity contribution in [1.82, 2.24) is 10.3 Å². The molecule has 1 aromatic heterocycles. The first-order valence-electron chi connectivity index (χ1n) is 6.82. The zero-order chi connectivity index (χ0) is 13.8. The van der Waals surface area contributed by atoms with Crippen molar-refractivity contribution in [3.05, 3.63) is 53.9 Å². The highest BCUT2D eigenvalue weighted by Crippen LogP contribution is 2.30. The van der Waals surface area contributed by atoms with Gasteiger partial charge in [0.05, 0.1) is 5.69 Å². The number of aryl methyl sites for hydroxylation is 1. The summed E-state index contributed by atoms with van der Waals surface area (Å²) in [5.41, 5.74) is 2.21. The van der Waals surface area contributed by atoms with Gasteiger partial charge in [-0.05, 0) is 30.7 Å². The van der Waals surface area contributed by atoms with Gasteiger partial charge in [0.1, 0.15) is 12.7 Å². The van der Waals surface area contributed by atoms with E-state index in [1.807, 2.05) is 43.5 Å². The van der Waals surface area contributed by atoms with Crippen molar-refractivity contribution in [3.63, 3.8) is 0 Å². The molecule has 0 saturated heterocycles. The van der Waals surface area contributed by atoms with E-state index in [1.165, 1.54) is 5.56 Å². The molecule has 0 bridgehead atoms. The second kappa shape index (κ2) is 5.92. The molecule has 0 unspecified atom stereocenters. The van der Waals surface area contributed by atoms with E-state index in [4.69, 9.17) is 9.47 Å². The molecule has 0 spiro atoms. The van der Waals surface area contributed by atoms with Crippen molar-refractivity contribution >= 4 is 0 Å². The number of nitrogens with zero attached hydrogens (tertiary/aromatic N) is 1. The third-order valence-electron chi connectivity index (χ3n) is 3.22. The minimum absolute atomic E-state index is 0.0374. The minimum Gasteiger partial charge on any atom is -0.486 e. The summed E-state index contributed by atoms with van der Waals surface area (Å²) in [7, 11) is 0. The van der Waals surface area contributed by atoms with Crippen molar-refractivity contribution in [2.24, 2.45) is 0 Å². The molecule has 0 aliphatic carbocycles. The van der Waals surface area contributed by atoms with Gasteiger partial charge in [0.25, 0.3) is 0 Å². The van der Waals surface area contributed by atoms with Gasteiger partial charge in [-0.15, -0.1) is 0 Å². The fraction of sp³-hybridized carbons (Fsp3) is 0.312. The Hall–Kier alpha value is -2.07. The van der Waals surface area contributed by atoms with Crippen LogP contribution in [-0.4, -0.2) is 24.2 Å². The molecule has 0 saturated carbocycles. The van der Waals surface area contributed by atoms with Gasteiger partial charge in [0, 0.05) is 19.3 Å². The Kier molecular flexibility index (Phi) is 3.83. The van der Waals surface area contributed by atoms with Gasteiger partial charge in [-0.1, -0.05) is 18.2 Å². The monoisotopic (exact) mass is 270 g/mol. The summed E-state index contributed by atoms with van der Waals surface area (Å²) in [4.78, 5) is 4.36. The molecule has 0 radical (unpaired) electrons. The average molecular weight is 270 g/mol. The van der Waals surface area contributed by atoms with Crippen LogP contribution in [0, 0.1) is 6.92 Å². The Morgan fingerprint density at radius 1 is 1.20 bits per heavy atom. The SMILES string of the molecule is Cc1ccc(CNC[C@H]2COc3ccccc3O2)nc1. The normalized spacial score (nSPS) is 16.9. The van der Waals surface area contributed by atoms with Crippen molar-refractivity contribution < 1.29 is 9.47 Å². The maximum Gasteiger partial charge on any atom is 0.161 e. The van der Waals surface area contributed by atoms with Gasteiger partial charge >= 0.3 is 0 Å². The summed E-state index contributed by atoms with van der Waals surface area (Å²) in [6, 6.07) is 11.9.